The number of nitrogens with zero attached hydrogens (tertiary/aromatic N) is 1. The molecule has 1 fully saturated rings. The molecule has 23 heavy (non-hydrogen) atoms. The molecule has 5 nitrogen and oxygen atoms in total. The van der Waals surface area contributed by atoms with Gasteiger partial charge in [-0.15, -0.1) is 12.4 Å². The van der Waals surface area contributed by atoms with E-state index in [0.717, 1.165) is 18.4 Å². The van der Waals surface area contributed by atoms with E-state index < -0.39 is 12.0 Å². The lowest BCUT2D eigenvalue weighted by Gasteiger charge is -2.35. The van der Waals surface area contributed by atoms with E-state index in [4.69, 9.17) is 0 Å². The SMILES string of the molecule is CCC(C(=O)O)N1CCC(NC(=O)c2ccccc2C)CC1.Cl. The van der Waals surface area contributed by atoms with Gasteiger partial charge in [-0.05, 0) is 37.8 Å². The summed E-state index contributed by atoms with van der Waals surface area (Å²) in [5.41, 5.74) is 1.68. The lowest BCUT2D eigenvalue weighted by molar-refractivity contribution is -0.143. The van der Waals surface area contributed by atoms with Crippen LogP contribution in [0.4, 0.5) is 0 Å². The third-order valence-corrected chi connectivity index (χ3v) is 4.37. The highest BCUT2D eigenvalue weighted by atomic mass is 35.5. The van der Waals surface area contributed by atoms with Crippen molar-refractivity contribution in [1.82, 2.24) is 10.2 Å². The van der Waals surface area contributed by atoms with Gasteiger partial charge in [0.2, 0.25) is 0 Å². The van der Waals surface area contributed by atoms with Crippen LogP contribution in [0.3, 0.4) is 0 Å². The van der Waals surface area contributed by atoms with E-state index in [0.29, 0.717) is 25.1 Å². The van der Waals surface area contributed by atoms with Crippen LogP contribution >= 0.6 is 12.4 Å². The molecule has 1 heterocycles. The largest absolute Gasteiger partial charge is 0.480 e. The van der Waals surface area contributed by atoms with E-state index in [1.807, 2.05) is 43.0 Å². The number of carbonyl (C=O) groups is 2. The van der Waals surface area contributed by atoms with Crippen molar-refractivity contribution in [2.75, 3.05) is 13.1 Å². The second-order valence-corrected chi connectivity index (χ2v) is 5.86. The van der Waals surface area contributed by atoms with Gasteiger partial charge in [-0.1, -0.05) is 25.1 Å². The van der Waals surface area contributed by atoms with E-state index in [1.165, 1.54) is 0 Å². The van der Waals surface area contributed by atoms with Gasteiger partial charge >= 0.3 is 5.97 Å². The van der Waals surface area contributed by atoms with Crippen molar-refractivity contribution in [3.05, 3.63) is 35.4 Å². The van der Waals surface area contributed by atoms with Gasteiger partial charge in [0.25, 0.3) is 5.91 Å². The number of benzene rings is 1. The Bertz CT molecular complexity index is 542. The second-order valence-electron chi connectivity index (χ2n) is 5.86. The molecule has 1 amide bonds. The van der Waals surface area contributed by atoms with Crippen LogP contribution in [0.1, 0.15) is 42.1 Å². The van der Waals surface area contributed by atoms with Crippen molar-refractivity contribution in [3.63, 3.8) is 0 Å². The number of carbonyl (C=O) groups excluding carboxylic acids is 1. The zero-order valence-corrected chi connectivity index (χ0v) is 14.4. The number of halogens is 1. The number of carboxylic acid groups (broad SMARTS) is 1. The predicted octanol–water partition coefficient (Wildman–Crippen LogP) is 2.47. The van der Waals surface area contributed by atoms with Crippen molar-refractivity contribution in [2.24, 2.45) is 0 Å². The minimum absolute atomic E-state index is 0. The highest BCUT2D eigenvalue weighted by Gasteiger charge is 2.29. The summed E-state index contributed by atoms with van der Waals surface area (Å²) in [7, 11) is 0. The van der Waals surface area contributed by atoms with E-state index in [-0.39, 0.29) is 24.4 Å². The van der Waals surface area contributed by atoms with Crippen molar-refractivity contribution in [1.29, 1.82) is 0 Å². The summed E-state index contributed by atoms with van der Waals surface area (Å²) in [6.07, 6.45) is 2.19. The molecule has 1 unspecified atom stereocenters. The van der Waals surface area contributed by atoms with Crippen LogP contribution in [0, 0.1) is 6.92 Å². The number of aliphatic carboxylic acids is 1. The Balaban J connectivity index is 0.00000264. The van der Waals surface area contributed by atoms with Crippen LogP contribution in [-0.2, 0) is 4.79 Å². The average molecular weight is 341 g/mol. The second kappa shape index (κ2) is 8.89. The molecule has 0 saturated carbocycles. The fourth-order valence-electron chi connectivity index (χ4n) is 3.04. The highest BCUT2D eigenvalue weighted by molar-refractivity contribution is 5.95. The molecule has 128 valence electrons. The molecule has 0 aliphatic carbocycles. The fourth-order valence-corrected chi connectivity index (χ4v) is 3.04. The van der Waals surface area contributed by atoms with Crippen molar-refractivity contribution >= 4 is 24.3 Å². The van der Waals surface area contributed by atoms with E-state index in [1.54, 1.807) is 0 Å². The molecule has 0 radical (unpaired) electrons. The summed E-state index contributed by atoms with van der Waals surface area (Å²) >= 11 is 0. The van der Waals surface area contributed by atoms with Gasteiger partial charge in [0.1, 0.15) is 6.04 Å². The summed E-state index contributed by atoms with van der Waals surface area (Å²) in [6, 6.07) is 7.25. The number of aryl methyl sites for hydroxylation is 1. The molecule has 1 saturated heterocycles. The Morgan fingerprint density at radius 1 is 1.30 bits per heavy atom. The topological polar surface area (TPSA) is 69.6 Å². The molecular weight excluding hydrogens is 316 g/mol. The molecule has 2 N–H and O–H groups in total. The van der Waals surface area contributed by atoms with Crippen molar-refractivity contribution < 1.29 is 14.7 Å². The molecular formula is C17H25ClN2O3. The van der Waals surface area contributed by atoms with Crippen molar-refractivity contribution in [2.45, 2.75) is 45.2 Å². The Hall–Kier alpha value is -1.59. The number of amides is 1. The highest BCUT2D eigenvalue weighted by Crippen LogP contribution is 2.16. The zero-order valence-electron chi connectivity index (χ0n) is 13.6. The molecule has 1 aliphatic rings. The number of carboxylic acids is 1. The molecule has 1 aromatic rings. The van der Waals surface area contributed by atoms with Crippen LogP contribution < -0.4 is 5.32 Å². The van der Waals surface area contributed by atoms with Crippen LogP contribution in [0.5, 0.6) is 0 Å². The average Bonchev–Trinajstić information content (AvgIpc) is 2.49. The molecule has 1 aromatic carbocycles. The van der Waals surface area contributed by atoms with Crippen molar-refractivity contribution in [3.8, 4) is 0 Å². The number of hydrogen-bond donors (Lipinski definition) is 2. The fraction of sp³-hybridized carbons (Fsp3) is 0.529. The maximum Gasteiger partial charge on any atom is 0.320 e. The van der Waals surface area contributed by atoms with E-state index in [9.17, 15) is 14.7 Å². The number of hydrogen-bond acceptors (Lipinski definition) is 3. The van der Waals surface area contributed by atoms with Gasteiger partial charge in [0.05, 0.1) is 0 Å². The summed E-state index contributed by atoms with van der Waals surface area (Å²) in [5, 5.41) is 12.3. The molecule has 0 spiro atoms. The Morgan fingerprint density at radius 3 is 2.43 bits per heavy atom. The summed E-state index contributed by atoms with van der Waals surface area (Å²) in [6.45, 7) is 5.24. The van der Waals surface area contributed by atoms with Gasteiger partial charge in [-0.2, -0.15) is 0 Å². The number of rotatable bonds is 5. The smallest absolute Gasteiger partial charge is 0.320 e. The molecule has 0 aromatic heterocycles. The number of likely N-dealkylation sites (tertiary alicyclic amines) is 1. The normalized spacial score (nSPS) is 17.1. The zero-order chi connectivity index (χ0) is 16.1. The minimum atomic E-state index is -0.759. The van der Waals surface area contributed by atoms with Crippen LogP contribution in [0.15, 0.2) is 24.3 Å². The Labute approximate surface area is 143 Å². The molecule has 6 heteroatoms. The lowest BCUT2D eigenvalue weighted by atomic mass is 10.0. The van der Waals surface area contributed by atoms with Gasteiger partial charge in [-0.3, -0.25) is 14.5 Å². The van der Waals surface area contributed by atoms with Gasteiger partial charge in [0, 0.05) is 24.7 Å². The quantitative estimate of drug-likeness (QED) is 0.864. The van der Waals surface area contributed by atoms with Crippen LogP contribution in [0.2, 0.25) is 0 Å². The molecule has 1 atom stereocenters. The minimum Gasteiger partial charge on any atom is -0.480 e. The van der Waals surface area contributed by atoms with E-state index in [2.05, 4.69) is 5.32 Å². The third kappa shape index (κ3) is 4.94. The molecule has 2 rings (SSSR count). The summed E-state index contributed by atoms with van der Waals surface area (Å²) < 4.78 is 0. The first kappa shape index (κ1) is 19.5. The first-order chi connectivity index (χ1) is 10.5. The van der Waals surface area contributed by atoms with E-state index >= 15 is 0 Å². The number of nitrogens with one attached hydrogen (secondary N) is 1. The standard InChI is InChI=1S/C17H24N2O3.ClH/c1-3-15(17(21)22)19-10-8-13(9-11-19)18-16(20)14-7-5-4-6-12(14)2;/h4-7,13,15H,3,8-11H2,1-2H3,(H,18,20)(H,21,22);1H. The third-order valence-electron chi connectivity index (χ3n) is 4.37. The summed E-state index contributed by atoms with van der Waals surface area (Å²) in [5.74, 6) is -0.799. The first-order valence-corrected chi connectivity index (χ1v) is 7.86. The molecule has 0 bridgehead atoms. The monoisotopic (exact) mass is 340 g/mol. The van der Waals surface area contributed by atoms with Gasteiger partial charge < -0.3 is 10.4 Å². The number of piperidine rings is 1. The maximum absolute atomic E-state index is 12.3. The molecule has 1 aliphatic heterocycles. The van der Waals surface area contributed by atoms with Crippen LogP contribution in [0.25, 0.3) is 0 Å². The maximum atomic E-state index is 12.3. The van der Waals surface area contributed by atoms with Gasteiger partial charge in [-0.25, -0.2) is 0 Å². The Kier molecular flexibility index (Phi) is 7.52. The Morgan fingerprint density at radius 2 is 1.91 bits per heavy atom. The lowest BCUT2D eigenvalue weighted by Crippen LogP contribution is -2.50. The first-order valence-electron chi connectivity index (χ1n) is 7.86. The van der Waals surface area contributed by atoms with Gasteiger partial charge in [0.15, 0.2) is 0 Å². The predicted molar refractivity (Wildman–Crippen MR) is 92.2 cm³/mol. The van der Waals surface area contributed by atoms with Crippen LogP contribution in [-0.4, -0.2) is 47.1 Å². The summed E-state index contributed by atoms with van der Waals surface area (Å²) in [4.78, 5) is 25.5.